The highest BCUT2D eigenvalue weighted by atomic mass is 79.9. The number of aliphatic hydroxyl groups is 1. The molecule has 1 aromatic carbocycles. The molecule has 134 valence electrons. The first kappa shape index (κ1) is 18.3. The number of carboxylic acid groups (broad SMARTS) is 1. The normalized spacial score (nSPS) is 24.8. The minimum absolute atomic E-state index is 0.0467. The number of aromatic nitrogens is 2. The zero-order valence-electron chi connectivity index (χ0n) is 13.7. The Hall–Kier alpha value is -2.48. The van der Waals surface area contributed by atoms with E-state index in [-0.39, 0.29) is 19.3 Å². The molecule has 26 heavy (non-hydrogen) atoms. The molecule has 2 N–H and O–H groups in total. The van der Waals surface area contributed by atoms with Crippen LogP contribution in [0.5, 0.6) is 0 Å². The van der Waals surface area contributed by atoms with Crippen LogP contribution in [0.15, 0.2) is 46.2 Å². The van der Waals surface area contributed by atoms with Crippen LogP contribution in [0, 0.1) is 5.41 Å². The molecule has 1 heterocycles. The highest BCUT2D eigenvalue weighted by Gasteiger charge is 2.49. The Labute approximate surface area is 157 Å². The topological polar surface area (TPSA) is 132 Å². The van der Waals surface area contributed by atoms with E-state index in [4.69, 9.17) is 5.53 Å². The van der Waals surface area contributed by atoms with Gasteiger partial charge in [-0.2, -0.15) is 0 Å². The highest BCUT2D eigenvalue weighted by Crippen LogP contribution is 2.43. The number of carbonyl (C=O) groups is 1. The molecular weight excluding hydrogens is 402 g/mol. The first-order valence-corrected chi connectivity index (χ1v) is 8.75. The first-order chi connectivity index (χ1) is 12.4. The highest BCUT2D eigenvalue weighted by molar-refractivity contribution is 9.10. The van der Waals surface area contributed by atoms with Gasteiger partial charge in [-0.1, -0.05) is 23.3 Å². The zero-order chi connectivity index (χ0) is 18.7. The fourth-order valence-corrected chi connectivity index (χ4v) is 3.61. The van der Waals surface area contributed by atoms with Crippen molar-refractivity contribution in [3.63, 3.8) is 0 Å². The number of rotatable bonds is 5. The number of carboxylic acids is 1. The van der Waals surface area contributed by atoms with Crippen LogP contribution in [0.3, 0.4) is 0 Å². The van der Waals surface area contributed by atoms with E-state index < -0.39 is 23.5 Å². The lowest BCUT2D eigenvalue weighted by molar-refractivity contribution is -0.149. The predicted octanol–water partition coefficient (Wildman–Crippen LogP) is 3.35. The molecule has 0 unspecified atom stereocenters. The Balaban J connectivity index is 1.89. The van der Waals surface area contributed by atoms with E-state index in [1.165, 1.54) is 0 Å². The van der Waals surface area contributed by atoms with Crippen LogP contribution in [0.4, 0.5) is 0 Å². The van der Waals surface area contributed by atoms with Gasteiger partial charge in [-0.05, 0) is 52.4 Å². The number of hydrogen-bond acceptors (Lipinski definition) is 5. The maximum Gasteiger partial charge on any atom is 0.310 e. The molecule has 1 aliphatic rings. The summed E-state index contributed by atoms with van der Waals surface area (Å²) in [4.78, 5) is 23.2. The van der Waals surface area contributed by atoms with E-state index >= 15 is 0 Å². The molecule has 0 saturated heterocycles. The Kier molecular flexibility index (Phi) is 5.22. The molecule has 2 aromatic rings. The van der Waals surface area contributed by atoms with E-state index in [0.717, 1.165) is 15.6 Å². The summed E-state index contributed by atoms with van der Waals surface area (Å²) < 4.78 is 0.770. The van der Waals surface area contributed by atoms with Gasteiger partial charge in [0.05, 0.1) is 22.0 Å². The van der Waals surface area contributed by atoms with Gasteiger partial charge in [0.15, 0.2) is 5.82 Å². The van der Waals surface area contributed by atoms with Crippen LogP contribution >= 0.6 is 15.9 Å². The standard InChI is InChI=1S/C17H16BrN5O3/c18-12-8-20-15(21-9-12)11-3-1-2-10(4-11)5-17(16(25)26)6-13(22-23-19)14(24)7-17/h1-4,8-9,13-14,24H,5-7H2,(H,25,26)/t13-,14-,17-/m1/s1. The van der Waals surface area contributed by atoms with E-state index in [0.29, 0.717) is 5.82 Å². The molecular formula is C17H16BrN5O3. The third-order valence-corrected chi connectivity index (χ3v) is 5.06. The van der Waals surface area contributed by atoms with Crippen molar-refractivity contribution in [2.75, 3.05) is 0 Å². The van der Waals surface area contributed by atoms with Gasteiger partial charge in [0, 0.05) is 22.9 Å². The quantitative estimate of drug-likeness (QED) is 0.437. The van der Waals surface area contributed by atoms with Crippen molar-refractivity contribution in [3.8, 4) is 11.4 Å². The summed E-state index contributed by atoms with van der Waals surface area (Å²) in [7, 11) is 0. The summed E-state index contributed by atoms with van der Waals surface area (Å²) in [6.07, 6.45) is 2.70. The number of aliphatic carboxylic acids is 1. The van der Waals surface area contributed by atoms with E-state index in [9.17, 15) is 15.0 Å². The smallest absolute Gasteiger partial charge is 0.310 e. The van der Waals surface area contributed by atoms with Gasteiger partial charge in [0.1, 0.15) is 0 Å². The van der Waals surface area contributed by atoms with Gasteiger partial charge in [-0.3, -0.25) is 4.79 Å². The molecule has 0 amide bonds. The lowest BCUT2D eigenvalue weighted by Crippen LogP contribution is -2.31. The van der Waals surface area contributed by atoms with Crippen molar-refractivity contribution >= 4 is 21.9 Å². The molecule has 1 aromatic heterocycles. The first-order valence-electron chi connectivity index (χ1n) is 7.96. The second-order valence-corrected chi connectivity index (χ2v) is 7.35. The van der Waals surface area contributed by atoms with Crippen molar-refractivity contribution in [2.24, 2.45) is 10.5 Å². The molecule has 0 bridgehead atoms. The molecule has 3 rings (SSSR count). The number of hydrogen-bond donors (Lipinski definition) is 2. The Morgan fingerprint density at radius 3 is 2.77 bits per heavy atom. The summed E-state index contributed by atoms with van der Waals surface area (Å²) in [5.41, 5.74) is 9.01. The predicted molar refractivity (Wildman–Crippen MR) is 97.1 cm³/mol. The zero-order valence-corrected chi connectivity index (χ0v) is 15.2. The number of azide groups is 1. The van der Waals surface area contributed by atoms with Crippen molar-refractivity contribution in [1.29, 1.82) is 0 Å². The molecule has 0 spiro atoms. The number of halogens is 1. The van der Waals surface area contributed by atoms with Crippen molar-refractivity contribution in [3.05, 3.63) is 57.1 Å². The monoisotopic (exact) mass is 417 g/mol. The Morgan fingerprint density at radius 2 is 2.12 bits per heavy atom. The number of aliphatic hydroxyl groups excluding tert-OH is 1. The average Bonchev–Trinajstić information content (AvgIpc) is 2.93. The van der Waals surface area contributed by atoms with E-state index in [2.05, 4.69) is 35.9 Å². The molecule has 1 aliphatic carbocycles. The third-order valence-electron chi connectivity index (χ3n) is 4.65. The van der Waals surface area contributed by atoms with Crippen LogP contribution in [0.1, 0.15) is 18.4 Å². The van der Waals surface area contributed by atoms with Gasteiger partial charge >= 0.3 is 5.97 Å². The average molecular weight is 418 g/mol. The maximum absolute atomic E-state index is 11.9. The summed E-state index contributed by atoms with van der Waals surface area (Å²) in [5.74, 6) is -0.463. The number of benzene rings is 1. The van der Waals surface area contributed by atoms with Crippen molar-refractivity contribution in [2.45, 2.75) is 31.4 Å². The summed E-state index contributed by atoms with van der Waals surface area (Å²) >= 11 is 3.29. The van der Waals surface area contributed by atoms with Crippen LogP contribution in [0.2, 0.25) is 0 Å². The summed E-state index contributed by atoms with van der Waals surface area (Å²) in [6.45, 7) is 0. The lowest BCUT2D eigenvalue weighted by Gasteiger charge is -2.24. The molecule has 0 radical (unpaired) electrons. The minimum atomic E-state index is -1.17. The molecule has 9 heteroatoms. The molecule has 1 saturated carbocycles. The van der Waals surface area contributed by atoms with Gasteiger partial charge in [0.25, 0.3) is 0 Å². The van der Waals surface area contributed by atoms with Crippen LogP contribution in [-0.2, 0) is 11.2 Å². The fourth-order valence-electron chi connectivity index (χ4n) is 3.41. The van der Waals surface area contributed by atoms with Gasteiger partial charge in [0.2, 0.25) is 0 Å². The lowest BCUT2D eigenvalue weighted by atomic mass is 9.79. The maximum atomic E-state index is 11.9. The Bertz CT molecular complexity index is 869. The van der Waals surface area contributed by atoms with Gasteiger partial charge in [-0.15, -0.1) is 0 Å². The molecule has 8 nitrogen and oxygen atoms in total. The fraction of sp³-hybridized carbons (Fsp3) is 0.353. The molecule has 0 aliphatic heterocycles. The second-order valence-electron chi connectivity index (χ2n) is 6.44. The summed E-state index contributed by atoms with van der Waals surface area (Å²) in [6, 6.07) is 6.63. The van der Waals surface area contributed by atoms with E-state index in [1.54, 1.807) is 12.4 Å². The largest absolute Gasteiger partial charge is 0.481 e. The second kappa shape index (κ2) is 7.41. The Morgan fingerprint density at radius 1 is 1.38 bits per heavy atom. The SMILES string of the molecule is [N-]=[N+]=N[C@@H]1C[C@@](Cc2cccc(-c3ncc(Br)cn3)c2)(C(=O)O)C[C@H]1O. The van der Waals surface area contributed by atoms with Crippen LogP contribution in [-0.4, -0.2) is 38.3 Å². The van der Waals surface area contributed by atoms with Gasteiger partial charge < -0.3 is 10.2 Å². The minimum Gasteiger partial charge on any atom is -0.481 e. The molecule has 1 fully saturated rings. The van der Waals surface area contributed by atoms with Crippen LogP contribution < -0.4 is 0 Å². The van der Waals surface area contributed by atoms with Crippen molar-refractivity contribution < 1.29 is 15.0 Å². The van der Waals surface area contributed by atoms with Crippen LogP contribution in [0.25, 0.3) is 21.8 Å². The number of nitrogens with zero attached hydrogens (tertiary/aromatic N) is 5. The third kappa shape index (κ3) is 3.70. The summed E-state index contributed by atoms with van der Waals surface area (Å²) in [5, 5.41) is 23.4. The van der Waals surface area contributed by atoms with Gasteiger partial charge in [-0.25, -0.2) is 9.97 Å². The molecule has 3 atom stereocenters. The van der Waals surface area contributed by atoms with Crippen molar-refractivity contribution in [1.82, 2.24) is 9.97 Å². The van der Waals surface area contributed by atoms with E-state index in [1.807, 2.05) is 24.3 Å².